The van der Waals surface area contributed by atoms with Crippen molar-refractivity contribution in [3.05, 3.63) is 52.5 Å². The van der Waals surface area contributed by atoms with Crippen molar-refractivity contribution in [2.24, 2.45) is 0 Å². The maximum Gasteiger partial charge on any atom is 0.343 e. The summed E-state index contributed by atoms with van der Waals surface area (Å²) in [4.78, 5) is 30.7. The van der Waals surface area contributed by atoms with Crippen LogP contribution < -0.4 is 5.69 Å². The molecule has 1 spiro atoms. The van der Waals surface area contributed by atoms with Crippen LogP contribution >= 0.6 is 0 Å². The smallest absolute Gasteiger partial charge is 0.343 e. The fourth-order valence-electron chi connectivity index (χ4n) is 3.91. The van der Waals surface area contributed by atoms with E-state index in [1.807, 2.05) is 30.3 Å². The Bertz CT molecular complexity index is 1090. The molecule has 0 saturated carbocycles. The van der Waals surface area contributed by atoms with Crippen LogP contribution in [0, 0.1) is 0 Å². The molecule has 0 aliphatic carbocycles. The van der Waals surface area contributed by atoms with Crippen LogP contribution in [-0.4, -0.2) is 54.4 Å². The van der Waals surface area contributed by atoms with Gasteiger partial charge in [0, 0.05) is 24.9 Å². The van der Waals surface area contributed by atoms with Crippen molar-refractivity contribution >= 4 is 5.91 Å². The number of hydrogen-bond donors (Lipinski definition) is 1. The zero-order chi connectivity index (χ0) is 19.8. The normalized spacial score (nSPS) is 20.9. The van der Waals surface area contributed by atoms with E-state index in [0.717, 1.165) is 5.56 Å². The minimum absolute atomic E-state index is 0.00951. The molecular weight excluding hydrogens is 376 g/mol. The van der Waals surface area contributed by atoms with Gasteiger partial charge in [-0.3, -0.25) is 9.36 Å². The molecule has 29 heavy (non-hydrogen) atoms. The molecule has 0 bridgehead atoms. The summed E-state index contributed by atoms with van der Waals surface area (Å²) in [6.45, 7) is 1.73. The second-order valence-corrected chi connectivity index (χ2v) is 7.45. The van der Waals surface area contributed by atoms with Gasteiger partial charge in [-0.25, -0.2) is 9.89 Å². The number of fused-ring (bicyclic) bond motifs is 1. The third-order valence-corrected chi connectivity index (χ3v) is 5.51. The number of rotatable bonds is 4. The number of likely N-dealkylation sites (tertiary alicyclic amines) is 1. The lowest BCUT2D eigenvalue weighted by Crippen LogP contribution is -2.47. The summed E-state index contributed by atoms with van der Waals surface area (Å²) in [6.07, 6.45) is 1.35. The van der Waals surface area contributed by atoms with Gasteiger partial charge in [0.05, 0.1) is 13.1 Å². The van der Waals surface area contributed by atoms with E-state index in [1.54, 1.807) is 9.47 Å². The number of hydrogen-bond acceptors (Lipinski definition) is 7. The largest absolute Gasteiger partial charge is 0.363 e. The second kappa shape index (κ2) is 6.96. The number of H-pyrrole nitrogens is 1. The van der Waals surface area contributed by atoms with Gasteiger partial charge >= 0.3 is 5.69 Å². The standard InChI is InChI=1S/C19H20N6O4/c26-16(7-6-15-20-17(23-29-15)13-4-2-1-3-5-13)24-9-8-19(11-24)12-25-14(10-28-19)21-22-18(25)27/h1-5H,6-12H2,(H,22,27). The molecule has 1 atom stereocenters. The Morgan fingerprint density at radius 3 is 2.97 bits per heavy atom. The number of amides is 1. The molecular formula is C19H20N6O4. The molecule has 2 aliphatic rings. The van der Waals surface area contributed by atoms with Crippen LogP contribution in [0.4, 0.5) is 0 Å². The first-order chi connectivity index (χ1) is 14.1. The summed E-state index contributed by atoms with van der Waals surface area (Å²) in [6, 6.07) is 9.55. The first-order valence-electron chi connectivity index (χ1n) is 9.56. The number of carbonyl (C=O) groups is 1. The monoisotopic (exact) mass is 396 g/mol. The number of benzene rings is 1. The predicted molar refractivity (Wildman–Crippen MR) is 99.6 cm³/mol. The summed E-state index contributed by atoms with van der Waals surface area (Å²) in [5, 5.41) is 10.4. The van der Waals surface area contributed by atoms with E-state index in [1.165, 1.54) is 0 Å². The van der Waals surface area contributed by atoms with Crippen molar-refractivity contribution in [1.29, 1.82) is 0 Å². The van der Waals surface area contributed by atoms with Crippen LogP contribution in [0.5, 0.6) is 0 Å². The zero-order valence-electron chi connectivity index (χ0n) is 15.7. The molecule has 2 aliphatic heterocycles. The Morgan fingerprint density at radius 2 is 2.10 bits per heavy atom. The summed E-state index contributed by atoms with van der Waals surface area (Å²) in [7, 11) is 0. The first kappa shape index (κ1) is 17.8. The highest BCUT2D eigenvalue weighted by atomic mass is 16.5. The Kier molecular flexibility index (Phi) is 4.27. The maximum atomic E-state index is 12.7. The number of ether oxygens (including phenoxy) is 1. The molecule has 4 heterocycles. The lowest BCUT2D eigenvalue weighted by atomic mass is 10.0. The summed E-state index contributed by atoms with van der Waals surface area (Å²) < 4.78 is 12.9. The fourth-order valence-corrected chi connectivity index (χ4v) is 3.91. The van der Waals surface area contributed by atoms with Gasteiger partial charge < -0.3 is 14.2 Å². The number of nitrogens with one attached hydrogen (secondary N) is 1. The van der Waals surface area contributed by atoms with Crippen LogP contribution in [0.25, 0.3) is 11.4 Å². The molecule has 1 fully saturated rings. The van der Waals surface area contributed by atoms with Gasteiger partial charge in [0.1, 0.15) is 12.2 Å². The van der Waals surface area contributed by atoms with Gasteiger partial charge in [-0.05, 0) is 6.42 Å². The fraction of sp³-hybridized carbons (Fsp3) is 0.421. The van der Waals surface area contributed by atoms with E-state index in [-0.39, 0.29) is 24.6 Å². The maximum absolute atomic E-state index is 12.7. The van der Waals surface area contributed by atoms with Crippen molar-refractivity contribution in [3.8, 4) is 11.4 Å². The number of aryl methyl sites for hydroxylation is 1. The average Bonchev–Trinajstić information content (AvgIpc) is 3.47. The van der Waals surface area contributed by atoms with Crippen molar-refractivity contribution in [3.63, 3.8) is 0 Å². The van der Waals surface area contributed by atoms with Crippen molar-refractivity contribution in [2.45, 2.75) is 38.0 Å². The van der Waals surface area contributed by atoms with Crippen molar-refractivity contribution < 1.29 is 14.1 Å². The van der Waals surface area contributed by atoms with Crippen molar-refractivity contribution in [2.75, 3.05) is 13.1 Å². The van der Waals surface area contributed by atoms with Crippen LogP contribution in [0.3, 0.4) is 0 Å². The molecule has 10 heteroatoms. The molecule has 1 aromatic carbocycles. The lowest BCUT2D eigenvalue weighted by molar-refractivity contribution is -0.133. The Hall–Kier alpha value is -3.27. The average molecular weight is 396 g/mol. The Morgan fingerprint density at radius 1 is 1.24 bits per heavy atom. The van der Waals surface area contributed by atoms with E-state index >= 15 is 0 Å². The van der Waals surface area contributed by atoms with Gasteiger partial charge in [0.25, 0.3) is 0 Å². The van der Waals surface area contributed by atoms with Gasteiger partial charge in [-0.15, -0.1) is 0 Å². The number of aromatic amines is 1. The first-order valence-corrected chi connectivity index (χ1v) is 9.56. The van der Waals surface area contributed by atoms with Gasteiger partial charge in [0.2, 0.25) is 17.6 Å². The predicted octanol–water partition coefficient (Wildman–Crippen LogP) is 0.755. The number of carbonyl (C=O) groups excluding carboxylic acids is 1. The van der Waals surface area contributed by atoms with Crippen LogP contribution in [0.1, 0.15) is 24.6 Å². The van der Waals surface area contributed by atoms with Crippen LogP contribution in [0.15, 0.2) is 39.6 Å². The number of aromatic nitrogens is 5. The summed E-state index contributed by atoms with van der Waals surface area (Å²) in [5.41, 5.74) is 0.109. The van der Waals surface area contributed by atoms with E-state index in [2.05, 4.69) is 20.3 Å². The molecule has 0 radical (unpaired) electrons. The highest BCUT2D eigenvalue weighted by Gasteiger charge is 2.44. The van der Waals surface area contributed by atoms with Crippen molar-refractivity contribution in [1.82, 2.24) is 29.8 Å². The molecule has 10 nitrogen and oxygen atoms in total. The van der Waals surface area contributed by atoms with E-state index in [4.69, 9.17) is 9.26 Å². The van der Waals surface area contributed by atoms with Crippen LogP contribution in [-0.2, 0) is 29.1 Å². The highest BCUT2D eigenvalue weighted by Crippen LogP contribution is 2.31. The van der Waals surface area contributed by atoms with E-state index in [0.29, 0.717) is 50.0 Å². The minimum Gasteiger partial charge on any atom is -0.363 e. The molecule has 5 rings (SSSR count). The highest BCUT2D eigenvalue weighted by molar-refractivity contribution is 5.76. The third kappa shape index (κ3) is 3.35. The van der Waals surface area contributed by atoms with E-state index in [9.17, 15) is 9.59 Å². The summed E-state index contributed by atoms with van der Waals surface area (Å²) in [5.74, 6) is 1.56. The molecule has 1 amide bonds. The quantitative estimate of drug-likeness (QED) is 0.691. The Balaban J connectivity index is 1.19. The Labute approximate surface area is 165 Å². The van der Waals surface area contributed by atoms with E-state index < -0.39 is 5.60 Å². The molecule has 1 N–H and O–H groups in total. The lowest BCUT2D eigenvalue weighted by Gasteiger charge is -2.33. The van der Waals surface area contributed by atoms with Gasteiger partial charge in [-0.2, -0.15) is 10.1 Å². The molecule has 1 saturated heterocycles. The zero-order valence-corrected chi connectivity index (χ0v) is 15.7. The third-order valence-electron chi connectivity index (χ3n) is 5.51. The SMILES string of the molecule is O=C(CCc1nc(-c2ccccc2)no1)N1CCC2(C1)Cn1c(n[nH]c1=O)CO2. The van der Waals surface area contributed by atoms with Crippen LogP contribution in [0.2, 0.25) is 0 Å². The molecule has 3 aromatic rings. The minimum atomic E-state index is -0.526. The molecule has 1 unspecified atom stereocenters. The van der Waals surface area contributed by atoms with Gasteiger partial charge in [-0.1, -0.05) is 35.5 Å². The topological polar surface area (TPSA) is 119 Å². The second-order valence-electron chi connectivity index (χ2n) is 7.45. The van der Waals surface area contributed by atoms with Gasteiger partial charge in [0.15, 0.2) is 5.82 Å². The number of nitrogens with zero attached hydrogens (tertiary/aromatic N) is 5. The summed E-state index contributed by atoms with van der Waals surface area (Å²) >= 11 is 0. The molecule has 150 valence electrons. The molecule has 2 aromatic heterocycles.